The number of hydrogen-bond acceptors (Lipinski definition) is 6. The second kappa shape index (κ2) is 9.40. The van der Waals surface area contributed by atoms with Gasteiger partial charge in [0.15, 0.2) is 0 Å². The Morgan fingerprint density at radius 2 is 1.86 bits per heavy atom. The van der Waals surface area contributed by atoms with Crippen LogP contribution in [0, 0.1) is 0 Å². The molecule has 3 N–H and O–H groups in total. The second-order valence-corrected chi connectivity index (χ2v) is 10.7. The van der Waals surface area contributed by atoms with E-state index in [4.69, 9.17) is 0 Å². The van der Waals surface area contributed by atoms with Crippen LogP contribution in [0.4, 0.5) is 0 Å². The smallest absolute Gasteiger partial charge is 0.326 e. The van der Waals surface area contributed by atoms with E-state index in [0.29, 0.717) is 25.8 Å². The van der Waals surface area contributed by atoms with Crippen LogP contribution in [0.5, 0.6) is 0 Å². The molecule has 3 rings (SSSR count). The molecule has 9 heteroatoms. The lowest BCUT2D eigenvalue weighted by Crippen LogP contribution is -2.53. The highest BCUT2D eigenvalue weighted by Crippen LogP contribution is 2.51. The van der Waals surface area contributed by atoms with Crippen LogP contribution in [-0.2, 0) is 20.8 Å². The highest BCUT2D eigenvalue weighted by molar-refractivity contribution is 8.21. The number of aliphatic carboxylic acids is 2. The van der Waals surface area contributed by atoms with Gasteiger partial charge in [0.05, 0.1) is 10.1 Å². The van der Waals surface area contributed by atoms with Crippen molar-refractivity contribution in [3.8, 4) is 0 Å². The van der Waals surface area contributed by atoms with Crippen molar-refractivity contribution in [1.29, 1.82) is 0 Å². The van der Waals surface area contributed by atoms with Crippen molar-refractivity contribution in [3.05, 3.63) is 35.9 Å². The van der Waals surface area contributed by atoms with Gasteiger partial charge in [-0.2, -0.15) is 0 Å². The van der Waals surface area contributed by atoms with E-state index in [2.05, 4.69) is 5.32 Å². The van der Waals surface area contributed by atoms with Crippen LogP contribution in [0.3, 0.4) is 0 Å². The Kier molecular flexibility index (Phi) is 7.13. The summed E-state index contributed by atoms with van der Waals surface area (Å²) in [7, 11) is 0. The number of nitrogens with zero attached hydrogens (tertiary/aromatic N) is 1. The minimum Gasteiger partial charge on any atom is -0.480 e. The standard InChI is InChI=1S/C20H26N2O5S2/c1-13(21-15(18(24)25)8-7-14-5-3-2-4-6-14)17(23)22-12-20(28-9-10-29-20)11-16(22)19(26)27/h2-6,13,15-16,21H,7-12H2,1H3,(H,24,25)(H,26,27)/t13-,15?,16-/m0/s1. The monoisotopic (exact) mass is 438 g/mol. The van der Waals surface area contributed by atoms with Crippen molar-refractivity contribution >= 4 is 41.4 Å². The van der Waals surface area contributed by atoms with Gasteiger partial charge in [-0.3, -0.25) is 14.9 Å². The molecular formula is C20H26N2O5S2. The van der Waals surface area contributed by atoms with Gasteiger partial charge in [-0.05, 0) is 25.3 Å². The summed E-state index contributed by atoms with van der Waals surface area (Å²) in [6.45, 7) is 1.99. The van der Waals surface area contributed by atoms with E-state index in [1.165, 1.54) is 4.90 Å². The molecule has 2 aliphatic heterocycles. The van der Waals surface area contributed by atoms with E-state index < -0.39 is 30.1 Å². The van der Waals surface area contributed by atoms with Crippen LogP contribution in [0.15, 0.2) is 30.3 Å². The zero-order valence-electron chi connectivity index (χ0n) is 16.2. The first-order valence-electron chi connectivity index (χ1n) is 9.65. The molecule has 1 aromatic rings. The lowest BCUT2D eigenvalue weighted by atomic mass is 10.0. The van der Waals surface area contributed by atoms with Gasteiger partial charge in [-0.15, -0.1) is 23.5 Å². The molecule has 1 aromatic carbocycles. The molecule has 0 saturated carbocycles. The summed E-state index contributed by atoms with van der Waals surface area (Å²) in [5.74, 6) is -0.473. The summed E-state index contributed by atoms with van der Waals surface area (Å²) in [4.78, 5) is 37.9. The quantitative estimate of drug-likeness (QED) is 0.565. The molecule has 158 valence electrons. The third-order valence-corrected chi connectivity index (χ3v) is 8.78. The van der Waals surface area contributed by atoms with Crippen molar-refractivity contribution in [2.24, 2.45) is 0 Å². The first-order valence-corrected chi connectivity index (χ1v) is 11.6. The van der Waals surface area contributed by atoms with E-state index in [1.807, 2.05) is 30.3 Å². The molecule has 2 fully saturated rings. The number of aryl methyl sites for hydroxylation is 1. The Morgan fingerprint density at radius 1 is 1.21 bits per heavy atom. The van der Waals surface area contributed by atoms with Gasteiger partial charge in [0.25, 0.3) is 0 Å². The van der Waals surface area contributed by atoms with E-state index >= 15 is 0 Å². The summed E-state index contributed by atoms with van der Waals surface area (Å²) >= 11 is 3.44. The zero-order valence-corrected chi connectivity index (χ0v) is 17.9. The molecule has 0 bridgehead atoms. The maximum absolute atomic E-state index is 13.0. The fourth-order valence-corrected chi connectivity index (χ4v) is 7.11. The summed E-state index contributed by atoms with van der Waals surface area (Å²) in [6.07, 6.45) is 1.34. The number of carboxylic acid groups (broad SMARTS) is 2. The molecular weight excluding hydrogens is 412 g/mol. The summed E-state index contributed by atoms with van der Waals surface area (Å²) in [5, 5.41) is 22.1. The molecule has 3 atom stereocenters. The van der Waals surface area contributed by atoms with Gasteiger partial charge in [0.2, 0.25) is 5.91 Å². The van der Waals surface area contributed by atoms with E-state index in [0.717, 1.165) is 17.1 Å². The number of carboxylic acids is 2. The number of benzene rings is 1. The Bertz CT molecular complexity index is 754. The number of amides is 1. The van der Waals surface area contributed by atoms with Gasteiger partial charge >= 0.3 is 11.9 Å². The lowest BCUT2D eigenvalue weighted by Gasteiger charge is -2.28. The zero-order chi connectivity index (χ0) is 21.0. The van der Waals surface area contributed by atoms with Crippen LogP contribution >= 0.6 is 23.5 Å². The number of hydrogen-bond donors (Lipinski definition) is 3. The molecule has 7 nitrogen and oxygen atoms in total. The number of likely N-dealkylation sites (tertiary alicyclic amines) is 1. The van der Waals surface area contributed by atoms with E-state index in [9.17, 15) is 24.6 Å². The highest BCUT2D eigenvalue weighted by Gasteiger charge is 2.52. The number of rotatable bonds is 8. The molecule has 1 unspecified atom stereocenters. The average molecular weight is 439 g/mol. The number of carbonyl (C=O) groups is 3. The maximum Gasteiger partial charge on any atom is 0.326 e. The Morgan fingerprint density at radius 3 is 2.45 bits per heavy atom. The second-order valence-electron chi connectivity index (χ2n) is 7.44. The molecule has 1 amide bonds. The normalized spacial score (nSPS) is 22.5. The van der Waals surface area contributed by atoms with Crippen LogP contribution in [0.25, 0.3) is 0 Å². The van der Waals surface area contributed by atoms with Crippen molar-refractivity contribution < 1.29 is 24.6 Å². The Labute approximate surface area is 178 Å². The summed E-state index contributed by atoms with van der Waals surface area (Å²) in [6, 6.07) is 7.05. The number of thioether (sulfide) groups is 2. The fourth-order valence-electron chi connectivity index (χ4n) is 3.85. The predicted molar refractivity (Wildman–Crippen MR) is 114 cm³/mol. The molecule has 2 saturated heterocycles. The average Bonchev–Trinajstić information content (AvgIpc) is 3.32. The van der Waals surface area contributed by atoms with E-state index in [1.54, 1.807) is 30.4 Å². The minimum atomic E-state index is -1.02. The Balaban J connectivity index is 1.64. The van der Waals surface area contributed by atoms with Crippen molar-refractivity contribution in [3.63, 3.8) is 0 Å². The fraction of sp³-hybridized carbons (Fsp3) is 0.550. The maximum atomic E-state index is 13.0. The molecule has 1 spiro atoms. The number of carbonyl (C=O) groups excluding carboxylic acids is 1. The Hall–Kier alpha value is -1.71. The summed E-state index contributed by atoms with van der Waals surface area (Å²) < 4.78 is -0.252. The molecule has 29 heavy (non-hydrogen) atoms. The van der Waals surface area contributed by atoms with E-state index in [-0.39, 0.29) is 9.99 Å². The predicted octanol–water partition coefficient (Wildman–Crippen LogP) is 1.91. The van der Waals surface area contributed by atoms with Gasteiger partial charge in [0, 0.05) is 24.5 Å². The van der Waals surface area contributed by atoms with Gasteiger partial charge in [-0.1, -0.05) is 30.3 Å². The molecule has 0 aromatic heterocycles. The van der Waals surface area contributed by atoms with Crippen LogP contribution in [0.1, 0.15) is 25.3 Å². The first kappa shape index (κ1) is 22.0. The SMILES string of the molecule is C[C@H](NC(CCc1ccccc1)C(=O)O)C(=O)N1CC2(C[C@H]1C(=O)O)SCCS2. The van der Waals surface area contributed by atoms with Crippen molar-refractivity contribution in [2.75, 3.05) is 18.1 Å². The van der Waals surface area contributed by atoms with Gasteiger partial charge in [-0.25, -0.2) is 4.79 Å². The lowest BCUT2D eigenvalue weighted by molar-refractivity contribution is -0.149. The molecule has 0 aliphatic carbocycles. The van der Waals surface area contributed by atoms with Crippen LogP contribution in [0.2, 0.25) is 0 Å². The molecule has 0 radical (unpaired) electrons. The largest absolute Gasteiger partial charge is 0.480 e. The topological polar surface area (TPSA) is 107 Å². The first-order chi connectivity index (χ1) is 13.8. The van der Waals surface area contributed by atoms with Gasteiger partial charge in [0.1, 0.15) is 12.1 Å². The molecule has 2 aliphatic rings. The third-order valence-electron chi connectivity index (χ3n) is 5.36. The minimum absolute atomic E-state index is 0.252. The molecule has 2 heterocycles. The summed E-state index contributed by atoms with van der Waals surface area (Å²) in [5.41, 5.74) is 1.03. The van der Waals surface area contributed by atoms with Crippen molar-refractivity contribution in [2.45, 2.75) is 48.4 Å². The van der Waals surface area contributed by atoms with Crippen LogP contribution in [-0.4, -0.2) is 73.2 Å². The highest BCUT2D eigenvalue weighted by atomic mass is 32.2. The van der Waals surface area contributed by atoms with Gasteiger partial charge < -0.3 is 15.1 Å². The van der Waals surface area contributed by atoms with Crippen molar-refractivity contribution in [1.82, 2.24) is 10.2 Å². The number of nitrogens with one attached hydrogen (secondary N) is 1. The van der Waals surface area contributed by atoms with Crippen LogP contribution < -0.4 is 5.32 Å². The third kappa shape index (κ3) is 5.26.